The van der Waals surface area contributed by atoms with Gasteiger partial charge >= 0.3 is 5.97 Å². The van der Waals surface area contributed by atoms with Crippen LogP contribution in [0.1, 0.15) is 17.0 Å². The molecule has 0 spiro atoms. The van der Waals surface area contributed by atoms with E-state index in [2.05, 4.69) is 4.98 Å². The highest BCUT2D eigenvalue weighted by atomic mass is 19.1. The van der Waals surface area contributed by atoms with Crippen LogP contribution in [0, 0.1) is 12.7 Å². The number of aryl methyl sites for hydroxylation is 1. The Morgan fingerprint density at radius 1 is 1.23 bits per heavy atom. The quantitative estimate of drug-likeness (QED) is 0.657. The van der Waals surface area contributed by atoms with Crippen molar-refractivity contribution < 1.29 is 18.7 Å². The summed E-state index contributed by atoms with van der Waals surface area (Å²) in [6, 6.07) is 10.9. The Morgan fingerprint density at radius 3 is 2.77 bits per heavy atom. The highest BCUT2D eigenvalue weighted by Gasteiger charge is 2.10. The van der Waals surface area contributed by atoms with Crippen LogP contribution in [0.25, 0.3) is 5.65 Å². The number of hydrogen-bond donors (Lipinski definition) is 0. The van der Waals surface area contributed by atoms with E-state index < -0.39 is 11.8 Å². The number of carbonyl (C=O) groups is 1. The Bertz CT molecular complexity index is 1030. The van der Waals surface area contributed by atoms with Gasteiger partial charge in [-0.1, -0.05) is 12.1 Å². The molecule has 0 radical (unpaired) electrons. The molecule has 0 bridgehead atoms. The van der Waals surface area contributed by atoms with Gasteiger partial charge in [0.05, 0.1) is 19.2 Å². The van der Waals surface area contributed by atoms with Gasteiger partial charge in [0.15, 0.2) is 11.6 Å². The zero-order chi connectivity index (χ0) is 18.7. The molecule has 0 atom stereocenters. The molecule has 26 heavy (non-hydrogen) atoms. The predicted molar refractivity (Wildman–Crippen MR) is 92.7 cm³/mol. The number of esters is 1. The van der Waals surface area contributed by atoms with Crippen LogP contribution >= 0.6 is 0 Å². The maximum absolute atomic E-state index is 13.7. The van der Waals surface area contributed by atoms with Crippen LogP contribution in [0.4, 0.5) is 4.39 Å². The third-order valence-corrected chi connectivity index (χ3v) is 3.88. The van der Waals surface area contributed by atoms with E-state index in [1.165, 1.54) is 29.7 Å². The van der Waals surface area contributed by atoms with Crippen molar-refractivity contribution in [1.29, 1.82) is 0 Å². The molecular weight excluding hydrogens is 339 g/mol. The van der Waals surface area contributed by atoms with Gasteiger partial charge in [-0.2, -0.15) is 0 Å². The highest BCUT2D eigenvalue weighted by molar-refractivity contribution is 5.72. The van der Waals surface area contributed by atoms with E-state index >= 15 is 0 Å². The van der Waals surface area contributed by atoms with Gasteiger partial charge in [-0.3, -0.25) is 14.0 Å². The number of pyridine rings is 1. The molecule has 134 valence electrons. The third kappa shape index (κ3) is 3.72. The van der Waals surface area contributed by atoms with E-state index in [4.69, 9.17) is 9.47 Å². The topological polar surface area (TPSA) is 69.9 Å². The van der Waals surface area contributed by atoms with Crippen LogP contribution in [0.3, 0.4) is 0 Å². The van der Waals surface area contributed by atoms with Gasteiger partial charge in [0, 0.05) is 11.8 Å². The van der Waals surface area contributed by atoms with Crippen LogP contribution in [-0.4, -0.2) is 22.5 Å². The van der Waals surface area contributed by atoms with Gasteiger partial charge in [-0.15, -0.1) is 0 Å². The van der Waals surface area contributed by atoms with Gasteiger partial charge in [0.1, 0.15) is 12.3 Å². The molecule has 0 amide bonds. The Hall–Kier alpha value is -3.22. The number of benzene rings is 1. The summed E-state index contributed by atoms with van der Waals surface area (Å²) in [5.74, 6) is -0.976. The number of hydrogen-bond acceptors (Lipinski definition) is 5. The molecule has 0 unspecified atom stereocenters. The lowest BCUT2D eigenvalue weighted by molar-refractivity contribution is -0.144. The molecule has 0 saturated heterocycles. The zero-order valence-electron chi connectivity index (χ0n) is 14.4. The van der Waals surface area contributed by atoms with Crippen molar-refractivity contribution in [2.75, 3.05) is 7.11 Å². The largest absolute Gasteiger partial charge is 0.494 e. The number of halogens is 1. The number of aromatic nitrogens is 2. The average molecular weight is 356 g/mol. The van der Waals surface area contributed by atoms with Gasteiger partial charge in [-0.25, -0.2) is 9.37 Å². The Kier molecular flexibility index (Phi) is 4.97. The fourth-order valence-electron chi connectivity index (χ4n) is 2.63. The molecule has 0 aliphatic rings. The molecule has 2 heterocycles. The lowest BCUT2D eigenvalue weighted by atomic mass is 10.1. The van der Waals surface area contributed by atoms with E-state index in [-0.39, 0.29) is 24.3 Å². The summed E-state index contributed by atoms with van der Waals surface area (Å²) in [4.78, 5) is 28.5. The van der Waals surface area contributed by atoms with Crippen LogP contribution in [0.2, 0.25) is 0 Å². The van der Waals surface area contributed by atoms with E-state index in [9.17, 15) is 14.0 Å². The first-order chi connectivity index (χ1) is 12.5. The minimum atomic E-state index is -0.544. The first-order valence-corrected chi connectivity index (χ1v) is 7.94. The molecule has 7 heteroatoms. The van der Waals surface area contributed by atoms with Crippen molar-refractivity contribution in [2.24, 2.45) is 0 Å². The minimum Gasteiger partial charge on any atom is -0.494 e. The van der Waals surface area contributed by atoms with E-state index in [1.807, 2.05) is 13.0 Å². The molecule has 0 N–H and O–H groups in total. The van der Waals surface area contributed by atoms with Crippen molar-refractivity contribution in [3.63, 3.8) is 0 Å². The van der Waals surface area contributed by atoms with Crippen LogP contribution in [-0.2, 0) is 22.6 Å². The lowest BCUT2D eigenvalue weighted by Crippen LogP contribution is -2.18. The molecule has 0 aliphatic carbocycles. The lowest BCUT2D eigenvalue weighted by Gasteiger charge is -2.08. The second kappa shape index (κ2) is 7.35. The van der Waals surface area contributed by atoms with Crippen molar-refractivity contribution >= 4 is 11.6 Å². The zero-order valence-corrected chi connectivity index (χ0v) is 14.4. The van der Waals surface area contributed by atoms with Crippen LogP contribution in [0.5, 0.6) is 5.75 Å². The van der Waals surface area contributed by atoms with Gasteiger partial charge < -0.3 is 9.47 Å². The monoisotopic (exact) mass is 356 g/mol. The molecule has 1 aromatic carbocycles. The predicted octanol–water partition coefficient (Wildman–Crippen LogP) is 2.44. The summed E-state index contributed by atoms with van der Waals surface area (Å²) in [5.41, 5.74) is 1.84. The van der Waals surface area contributed by atoms with E-state index in [0.29, 0.717) is 16.9 Å². The first-order valence-electron chi connectivity index (χ1n) is 7.94. The molecule has 2 aromatic heterocycles. The second-order valence-corrected chi connectivity index (χ2v) is 5.75. The highest BCUT2D eigenvalue weighted by Crippen LogP contribution is 2.18. The summed E-state index contributed by atoms with van der Waals surface area (Å²) < 4.78 is 25.1. The van der Waals surface area contributed by atoms with Crippen molar-refractivity contribution in [1.82, 2.24) is 9.38 Å². The number of ether oxygens (including phenoxy) is 2. The molecule has 3 rings (SSSR count). The summed E-state index contributed by atoms with van der Waals surface area (Å²) in [7, 11) is 1.37. The van der Waals surface area contributed by atoms with E-state index in [0.717, 1.165) is 5.69 Å². The summed E-state index contributed by atoms with van der Waals surface area (Å²) >= 11 is 0. The molecule has 6 nitrogen and oxygen atoms in total. The summed E-state index contributed by atoms with van der Waals surface area (Å²) in [5, 5.41) is 0. The molecular formula is C19H17FN2O4. The number of carbonyl (C=O) groups excluding carboxylic acids is 1. The van der Waals surface area contributed by atoms with Crippen molar-refractivity contribution in [3.05, 3.63) is 75.6 Å². The second-order valence-electron chi connectivity index (χ2n) is 5.75. The van der Waals surface area contributed by atoms with Crippen LogP contribution in [0.15, 0.2) is 47.3 Å². The SMILES string of the molecule is COc1ccc(CC(=O)OCc2cc(=O)n3c(C)cccc3n2)cc1F. The molecule has 0 saturated carbocycles. The normalized spacial score (nSPS) is 10.7. The van der Waals surface area contributed by atoms with Gasteiger partial charge in [0.2, 0.25) is 0 Å². The molecule has 0 fully saturated rings. The fourth-order valence-corrected chi connectivity index (χ4v) is 2.63. The number of methoxy groups -OCH3 is 1. The summed E-state index contributed by atoms with van der Waals surface area (Å²) in [6.45, 7) is 1.68. The average Bonchev–Trinajstić information content (AvgIpc) is 2.60. The maximum atomic E-state index is 13.7. The standard InChI is InChI=1S/C19H17FN2O4/c1-12-4-3-5-17-21-14(10-18(23)22(12)17)11-26-19(24)9-13-6-7-16(25-2)15(20)8-13/h3-8,10H,9,11H2,1-2H3. The summed E-state index contributed by atoms with van der Waals surface area (Å²) in [6.07, 6.45) is -0.0907. The van der Waals surface area contributed by atoms with Crippen molar-refractivity contribution in [3.8, 4) is 5.75 Å². The minimum absolute atomic E-state index is 0.0907. The van der Waals surface area contributed by atoms with E-state index in [1.54, 1.807) is 18.2 Å². The number of rotatable bonds is 5. The van der Waals surface area contributed by atoms with Crippen molar-refractivity contribution in [2.45, 2.75) is 20.0 Å². The molecule has 0 aliphatic heterocycles. The Morgan fingerprint density at radius 2 is 2.04 bits per heavy atom. The first kappa shape index (κ1) is 17.6. The van der Waals surface area contributed by atoms with Gasteiger partial charge in [-0.05, 0) is 36.8 Å². The third-order valence-electron chi connectivity index (χ3n) is 3.88. The Balaban J connectivity index is 1.69. The maximum Gasteiger partial charge on any atom is 0.310 e. The smallest absolute Gasteiger partial charge is 0.310 e. The number of nitrogens with zero attached hydrogens (tertiary/aromatic N) is 2. The molecule has 3 aromatic rings. The van der Waals surface area contributed by atoms with Crippen LogP contribution < -0.4 is 10.3 Å². The fraction of sp³-hybridized carbons (Fsp3) is 0.211. The van der Waals surface area contributed by atoms with Gasteiger partial charge in [0.25, 0.3) is 5.56 Å². The Labute approximate surface area is 148 Å². The number of fused-ring (bicyclic) bond motifs is 1.